The molecule has 4 atom stereocenters. The van der Waals surface area contributed by atoms with Crippen molar-refractivity contribution in [3.63, 3.8) is 0 Å². The van der Waals surface area contributed by atoms with Crippen molar-refractivity contribution in [3.8, 4) is 11.4 Å². The predicted molar refractivity (Wildman–Crippen MR) is 148 cm³/mol. The molecule has 2 aromatic heterocycles. The van der Waals surface area contributed by atoms with Gasteiger partial charge in [0.1, 0.15) is 11.2 Å². The Bertz CT molecular complexity index is 1730. The van der Waals surface area contributed by atoms with Gasteiger partial charge in [0.05, 0.1) is 17.1 Å². The minimum atomic E-state index is -4.88. The number of carbonyl (C=O) groups excluding carboxylic acids is 1. The number of imidazole rings is 1. The van der Waals surface area contributed by atoms with E-state index in [4.69, 9.17) is 11.6 Å². The monoisotopic (exact) mass is 617 g/mol. The van der Waals surface area contributed by atoms with Crippen molar-refractivity contribution in [1.29, 1.82) is 0 Å². The summed E-state index contributed by atoms with van der Waals surface area (Å²) in [6, 6.07) is 6.07. The van der Waals surface area contributed by atoms with Crippen LogP contribution in [0.5, 0.6) is 0 Å². The quantitative estimate of drug-likeness (QED) is 0.246. The fourth-order valence-electron chi connectivity index (χ4n) is 6.58. The molecule has 0 saturated heterocycles. The molecule has 6 rings (SSSR count). The third kappa shape index (κ3) is 4.98. The summed E-state index contributed by atoms with van der Waals surface area (Å²) in [5.74, 6) is -3.88. The first kappa shape index (κ1) is 29.0. The molecule has 0 aliphatic heterocycles. The molecule has 8 nitrogen and oxygen atoms in total. The second kappa shape index (κ2) is 10.9. The Morgan fingerprint density at radius 3 is 2.51 bits per heavy atom. The number of carbonyl (C=O) groups is 1. The van der Waals surface area contributed by atoms with Crippen LogP contribution in [0, 0.1) is 23.0 Å². The van der Waals surface area contributed by atoms with Gasteiger partial charge in [0.2, 0.25) is 11.7 Å². The van der Waals surface area contributed by atoms with Crippen LogP contribution < -0.4 is 5.32 Å². The van der Waals surface area contributed by atoms with Crippen molar-refractivity contribution in [1.82, 2.24) is 35.5 Å². The van der Waals surface area contributed by atoms with Crippen LogP contribution in [0.4, 0.5) is 22.0 Å². The highest BCUT2D eigenvalue weighted by atomic mass is 35.5. The lowest BCUT2D eigenvalue weighted by molar-refractivity contribution is -0.237. The Hall–Kier alpha value is -4.13. The van der Waals surface area contributed by atoms with Crippen molar-refractivity contribution in [3.05, 3.63) is 77.1 Å². The lowest BCUT2D eigenvalue weighted by Crippen LogP contribution is -2.60. The van der Waals surface area contributed by atoms with E-state index in [0.717, 1.165) is 25.1 Å². The van der Waals surface area contributed by atoms with Crippen LogP contribution in [-0.4, -0.2) is 48.3 Å². The van der Waals surface area contributed by atoms with Crippen LogP contribution >= 0.6 is 11.6 Å². The molecular weight excluding hydrogens is 593 g/mol. The van der Waals surface area contributed by atoms with Gasteiger partial charge in [0.15, 0.2) is 11.6 Å². The van der Waals surface area contributed by atoms with Crippen LogP contribution in [0.25, 0.3) is 28.0 Å². The maximum absolute atomic E-state index is 15.8. The van der Waals surface area contributed by atoms with Crippen molar-refractivity contribution in [2.75, 3.05) is 0 Å². The number of aromatic amines is 1. The molecule has 2 N–H and O–H groups in total. The summed E-state index contributed by atoms with van der Waals surface area (Å²) in [5.41, 5.74) is -1.79. The first-order valence-corrected chi connectivity index (χ1v) is 14.0. The summed E-state index contributed by atoms with van der Waals surface area (Å²) in [6.07, 6.45) is 0.387. The second-order valence-corrected chi connectivity index (χ2v) is 11.3. The molecule has 0 spiro atoms. The lowest BCUT2D eigenvalue weighted by atomic mass is 9.60. The minimum absolute atomic E-state index is 0.0361. The van der Waals surface area contributed by atoms with E-state index in [0.29, 0.717) is 23.4 Å². The number of nitrogens with one attached hydrogen (secondary N) is 2. The summed E-state index contributed by atoms with van der Waals surface area (Å²) in [4.78, 5) is 16.8. The number of halogens is 6. The third-order valence-corrected chi connectivity index (χ3v) is 8.59. The topological polar surface area (TPSA) is 101 Å². The van der Waals surface area contributed by atoms with Gasteiger partial charge in [-0.1, -0.05) is 42.7 Å². The first-order valence-electron chi connectivity index (χ1n) is 13.6. The zero-order chi connectivity index (χ0) is 30.5. The highest BCUT2D eigenvalue weighted by Gasteiger charge is 2.64. The Morgan fingerprint density at radius 2 is 1.84 bits per heavy atom. The van der Waals surface area contributed by atoms with Crippen LogP contribution in [0.2, 0.25) is 5.02 Å². The fraction of sp³-hybridized carbons (Fsp3) is 0.345. The number of nitrogens with zero attached hydrogens (tertiary/aromatic N) is 5. The van der Waals surface area contributed by atoms with Gasteiger partial charge < -0.3 is 9.88 Å². The van der Waals surface area contributed by atoms with Crippen LogP contribution in [-0.2, 0) is 4.79 Å². The van der Waals surface area contributed by atoms with Gasteiger partial charge in [-0.15, -0.1) is 10.2 Å². The number of benzene rings is 2. The molecule has 2 heterocycles. The highest BCUT2D eigenvalue weighted by Crippen LogP contribution is 2.59. The smallest absolute Gasteiger partial charge is 0.349 e. The molecule has 0 bridgehead atoms. The van der Waals surface area contributed by atoms with E-state index >= 15 is 13.2 Å². The van der Waals surface area contributed by atoms with Crippen molar-refractivity contribution >= 4 is 34.1 Å². The molecule has 2 aromatic carbocycles. The van der Waals surface area contributed by atoms with Gasteiger partial charge in [0, 0.05) is 41.3 Å². The molecule has 4 aromatic rings. The Balaban J connectivity index is 1.62. The molecule has 14 heteroatoms. The molecule has 1 fully saturated rings. The molecule has 224 valence electrons. The number of hydrogen-bond acceptors (Lipinski definition) is 5. The first-order chi connectivity index (χ1) is 20.5. The van der Waals surface area contributed by atoms with E-state index < -0.39 is 47.1 Å². The fourth-order valence-corrected chi connectivity index (χ4v) is 6.70. The van der Waals surface area contributed by atoms with Gasteiger partial charge in [-0.2, -0.15) is 18.4 Å². The summed E-state index contributed by atoms with van der Waals surface area (Å²) in [5, 5.41) is 16.5. The molecule has 1 amide bonds. The van der Waals surface area contributed by atoms with Crippen LogP contribution in [0.1, 0.15) is 44.5 Å². The second-order valence-electron chi connectivity index (χ2n) is 10.8. The van der Waals surface area contributed by atoms with Gasteiger partial charge in [-0.25, -0.2) is 13.8 Å². The molecular formula is C29H25ClF5N7O. The van der Waals surface area contributed by atoms with Crippen molar-refractivity contribution in [2.45, 2.75) is 50.9 Å². The lowest BCUT2D eigenvalue weighted by Gasteiger charge is -2.50. The van der Waals surface area contributed by atoms with E-state index in [-0.39, 0.29) is 41.1 Å². The number of alkyl halides is 3. The minimum Gasteiger partial charge on any atom is -0.349 e. The highest BCUT2D eigenvalue weighted by molar-refractivity contribution is 6.30. The average Bonchev–Trinajstić information content (AvgIpc) is 3.62. The normalized spacial score (nSPS) is 24.3. The summed E-state index contributed by atoms with van der Waals surface area (Å²) < 4.78 is 77.9. The van der Waals surface area contributed by atoms with Crippen molar-refractivity contribution in [2.24, 2.45) is 11.3 Å². The number of fused-ring (bicyclic) bond motifs is 1. The Morgan fingerprint density at radius 1 is 1.12 bits per heavy atom. The number of aromatic nitrogens is 6. The number of tetrazole rings is 1. The number of hydrogen-bond donors (Lipinski definition) is 2. The number of H-pyrrole nitrogens is 1. The molecule has 43 heavy (non-hydrogen) atoms. The Kier molecular flexibility index (Phi) is 7.31. The largest absolute Gasteiger partial charge is 0.400 e. The zero-order valence-electron chi connectivity index (χ0n) is 22.7. The number of rotatable bonds is 5. The van der Waals surface area contributed by atoms with Crippen LogP contribution in [0.15, 0.2) is 54.6 Å². The van der Waals surface area contributed by atoms with Crippen molar-refractivity contribution < 1.29 is 26.7 Å². The Labute approximate surface area is 247 Å². The molecule has 0 radical (unpaired) electrons. The zero-order valence-corrected chi connectivity index (χ0v) is 23.4. The van der Waals surface area contributed by atoms with E-state index in [1.165, 1.54) is 12.2 Å². The standard InChI is InChI=1S/C29H25ClF5N7O/c1-15(43)36-25-11-8-17(26-38-40-41-39-26)14-28(25,29(33,34)35)19-4-2-3-5-23(19)42-24-13-21(32)20(31)12-22(24)37-27(42)16-6-9-18(30)10-7-16/h6-14,19,23,25H,2-5H2,1H3,(H,36,43)(H,38,39,40,41). The van der Waals surface area contributed by atoms with Crippen LogP contribution in [0.3, 0.4) is 0 Å². The third-order valence-electron chi connectivity index (χ3n) is 8.34. The number of allylic oxidation sites excluding steroid dienone is 2. The van der Waals surface area contributed by atoms with Gasteiger partial charge in [0.25, 0.3) is 0 Å². The van der Waals surface area contributed by atoms with E-state index in [1.54, 1.807) is 28.8 Å². The summed E-state index contributed by atoms with van der Waals surface area (Å²) >= 11 is 6.10. The molecule has 1 saturated carbocycles. The van der Waals surface area contributed by atoms with Gasteiger partial charge in [-0.3, -0.25) is 4.79 Å². The van der Waals surface area contributed by atoms with Gasteiger partial charge in [-0.05, 0) is 48.2 Å². The molecule has 2 aliphatic rings. The summed E-state index contributed by atoms with van der Waals surface area (Å²) in [7, 11) is 0. The SMILES string of the molecule is CC(=O)NC1C=CC(c2nn[nH]n2)=CC1(C1CCCCC1n1c(-c2ccc(Cl)cc2)nc2cc(F)c(F)cc21)C(F)(F)F. The van der Waals surface area contributed by atoms with Gasteiger partial charge >= 0.3 is 6.18 Å². The predicted octanol–water partition coefficient (Wildman–Crippen LogP) is 6.59. The number of amides is 1. The molecule has 2 aliphatic carbocycles. The molecule has 4 unspecified atom stereocenters. The maximum atomic E-state index is 15.8. The van der Waals surface area contributed by atoms with E-state index in [9.17, 15) is 13.6 Å². The summed E-state index contributed by atoms with van der Waals surface area (Å²) in [6.45, 7) is 1.16. The average molecular weight is 618 g/mol. The maximum Gasteiger partial charge on any atom is 0.400 e. The van der Waals surface area contributed by atoms with E-state index in [2.05, 4.69) is 30.9 Å². The van der Waals surface area contributed by atoms with E-state index in [1.807, 2.05) is 0 Å².